The summed E-state index contributed by atoms with van der Waals surface area (Å²) in [5, 5.41) is 12.9. The molecule has 0 radical (unpaired) electrons. The van der Waals surface area contributed by atoms with Crippen LogP contribution in [0.4, 0.5) is 5.69 Å². The molecule has 1 saturated heterocycles. The van der Waals surface area contributed by atoms with E-state index in [1.54, 1.807) is 23.1 Å². The molecule has 2 amide bonds. The van der Waals surface area contributed by atoms with Gasteiger partial charge in [-0.25, -0.2) is 0 Å². The first kappa shape index (κ1) is 16.4. The zero-order chi connectivity index (χ0) is 18.3. The number of para-hydroxylation sites is 1. The Morgan fingerprint density at radius 2 is 1.85 bits per heavy atom. The number of hydrogen-bond acceptors (Lipinski definition) is 3. The van der Waals surface area contributed by atoms with E-state index in [-0.39, 0.29) is 17.6 Å². The van der Waals surface area contributed by atoms with Gasteiger partial charge in [0.25, 0.3) is 11.8 Å². The lowest BCUT2D eigenvalue weighted by molar-refractivity contribution is -0.110. The molecule has 0 spiro atoms. The van der Waals surface area contributed by atoms with Gasteiger partial charge in [0.05, 0.1) is 5.56 Å². The smallest absolute Gasteiger partial charge is 0.257 e. The van der Waals surface area contributed by atoms with Gasteiger partial charge in [-0.1, -0.05) is 35.4 Å². The van der Waals surface area contributed by atoms with Gasteiger partial charge in [-0.05, 0) is 38.0 Å². The van der Waals surface area contributed by atoms with Crippen molar-refractivity contribution in [1.82, 2.24) is 4.90 Å². The monoisotopic (exact) mass is 348 g/mol. The minimum absolute atomic E-state index is 0.00819. The number of rotatable bonds is 1. The Bertz CT molecular complexity index is 936. The van der Waals surface area contributed by atoms with Gasteiger partial charge in [0, 0.05) is 29.9 Å². The Morgan fingerprint density at radius 1 is 1.12 bits per heavy atom. The second kappa shape index (κ2) is 6.33. The van der Waals surface area contributed by atoms with Crippen LogP contribution in [-0.2, 0) is 4.79 Å². The van der Waals surface area contributed by atoms with E-state index >= 15 is 0 Å². The van der Waals surface area contributed by atoms with Crippen LogP contribution in [0.15, 0.2) is 48.0 Å². The first-order chi connectivity index (χ1) is 12.5. The van der Waals surface area contributed by atoms with E-state index in [1.807, 2.05) is 31.2 Å². The minimum Gasteiger partial charge on any atom is -0.507 e. The number of aryl methyl sites for hydroxylation is 1. The molecule has 0 saturated carbocycles. The zero-order valence-corrected chi connectivity index (χ0v) is 14.6. The lowest BCUT2D eigenvalue weighted by atomic mass is 9.93. The Hall–Kier alpha value is -3.08. The number of aromatic hydroxyl groups is 1. The highest BCUT2D eigenvalue weighted by molar-refractivity contribution is 6.32. The zero-order valence-electron chi connectivity index (χ0n) is 14.6. The normalized spacial score (nSPS) is 16.5. The summed E-state index contributed by atoms with van der Waals surface area (Å²) in [6.07, 6.45) is 1.32. The standard InChI is InChI=1S/C21H20N2O3/c1-13-6-7-18(24)16(12-13)21(26)23-10-8-14(9-11-23)19-15-4-2-3-5-17(15)22-20(19)25/h2-7,12,24H,8-11H2,1H3,(H,22,25). The van der Waals surface area contributed by atoms with Crippen molar-refractivity contribution >= 4 is 23.1 Å². The first-order valence-corrected chi connectivity index (χ1v) is 8.76. The third-order valence-electron chi connectivity index (χ3n) is 5.06. The van der Waals surface area contributed by atoms with Crippen molar-refractivity contribution in [3.63, 3.8) is 0 Å². The van der Waals surface area contributed by atoms with Crippen molar-refractivity contribution < 1.29 is 14.7 Å². The fourth-order valence-corrected chi connectivity index (χ4v) is 3.69. The Balaban J connectivity index is 1.55. The molecule has 4 rings (SSSR count). The number of benzene rings is 2. The molecule has 2 aromatic rings. The summed E-state index contributed by atoms with van der Waals surface area (Å²) >= 11 is 0. The van der Waals surface area contributed by atoms with Gasteiger partial charge in [-0.2, -0.15) is 0 Å². The number of phenols is 1. The number of hydrogen-bond donors (Lipinski definition) is 2. The number of amides is 2. The summed E-state index contributed by atoms with van der Waals surface area (Å²) in [5.41, 5.74) is 4.91. The van der Waals surface area contributed by atoms with Crippen molar-refractivity contribution in [2.45, 2.75) is 19.8 Å². The Kier molecular flexibility index (Phi) is 3.99. The first-order valence-electron chi connectivity index (χ1n) is 8.76. The molecule has 1 fully saturated rings. The van der Waals surface area contributed by atoms with Crippen LogP contribution in [0.25, 0.3) is 5.57 Å². The summed E-state index contributed by atoms with van der Waals surface area (Å²) < 4.78 is 0. The molecule has 2 heterocycles. The average Bonchev–Trinajstić information content (AvgIpc) is 2.99. The lowest BCUT2D eigenvalue weighted by Gasteiger charge is -2.29. The van der Waals surface area contributed by atoms with Crippen LogP contribution < -0.4 is 5.32 Å². The maximum atomic E-state index is 12.7. The van der Waals surface area contributed by atoms with Crippen LogP contribution in [0.1, 0.15) is 34.3 Å². The molecule has 26 heavy (non-hydrogen) atoms. The van der Waals surface area contributed by atoms with Crippen molar-refractivity contribution in [3.8, 4) is 5.75 Å². The van der Waals surface area contributed by atoms with E-state index in [9.17, 15) is 14.7 Å². The highest BCUT2D eigenvalue weighted by Gasteiger charge is 2.30. The van der Waals surface area contributed by atoms with Crippen LogP contribution in [0.2, 0.25) is 0 Å². The number of anilines is 1. The van der Waals surface area contributed by atoms with E-state index in [0.717, 1.165) is 28.0 Å². The Morgan fingerprint density at radius 3 is 2.62 bits per heavy atom. The maximum Gasteiger partial charge on any atom is 0.257 e. The van der Waals surface area contributed by atoms with E-state index < -0.39 is 0 Å². The van der Waals surface area contributed by atoms with Gasteiger partial charge in [0.15, 0.2) is 0 Å². The molecule has 0 aromatic heterocycles. The number of nitrogens with zero attached hydrogens (tertiary/aromatic N) is 1. The van der Waals surface area contributed by atoms with Gasteiger partial charge in [-0.3, -0.25) is 9.59 Å². The molecule has 5 heteroatoms. The Labute approximate surface area is 151 Å². The van der Waals surface area contributed by atoms with Crippen molar-refractivity contribution in [2.24, 2.45) is 0 Å². The molecule has 132 valence electrons. The summed E-state index contributed by atoms with van der Waals surface area (Å²) in [5.74, 6) is -0.210. The predicted molar refractivity (Wildman–Crippen MR) is 100.0 cm³/mol. The second-order valence-corrected chi connectivity index (χ2v) is 6.79. The summed E-state index contributed by atoms with van der Waals surface area (Å²) in [4.78, 5) is 26.8. The minimum atomic E-state index is -0.161. The van der Waals surface area contributed by atoms with E-state index in [0.29, 0.717) is 31.5 Å². The van der Waals surface area contributed by atoms with Crippen LogP contribution in [0.5, 0.6) is 5.75 Å². The van der Waals surface area contributed by atoms with Gasteiger partial charge < -0.3 is 15.3 Å². The molecule has 5 nitrogen and oxygen atoms in total. The number of piperidine rings is 1. The van der Waals surface area contributed by atoms with Crippen LogP contribution >= 0.6 is 0 Å². The summed E-state index contributed by atoms with van der Waals surface area (Å²) in [7, 11) is 0. The van der Waals surface area contributed by atoms with Gasteiger partial charge >= 0.3 is 0 Å². The molecule has 2 aliphatic heterocycles. The van der Waals surface area contributed by atoms with E-state index in [4.69, 9.17) is 0 Å². The fraction of sp³-hybridized carbons (Fsp3) is 0.238. The molecule has 2 aromatic carbocycles. The van der Waals surface area contributed by atoms with Crippen LogP contribution in [-0.4, -0.2) is 34.9 Å². The van der Waals surface area contributed by atoms with Crippen LogP contribution in [0, 0.1) is 6.92 Å². The quantitative estimate of drug-likeness (QED) is 0.777. The van der Waals surface area contributed by atoms with Gasteiger partial charge in [-0.15, -0.1) is 0 Å². The number of phenolic OH excluding ortho intramolecular Hbond substituents is 1. The molecule has 0 atom stereocenters. The SMILES string of the molecule is Cc1ccc(O)c(C(=O)N2CCC(=C3C(=O)Nc4ccccc43)CC2)c1. The number of nitrogens with one attached hydrogen (secondary N) is 1. The molecular formula is C21H20N2O3. The van der Waals surface area contributed by atoms with Gasteiger partial charge in [0.1, 0.15) is 5.75 Å². The fourth-order valence-electron chi connectivity index (χ4n) is 3.69. The largest absolute Gasteiger partial charge is 0.507 e. The number of likely N-dealkylation sites (tertiary alicyclic amines) is 1. The summed E-state index contributed by atoms with van der Waals surface area (Å²) in [6.45, 7) is 2.98. The van der Waals surface area contributed by atoms with Crippen molar-refractivity contribution in [1.29, 1.82) is 0 Å². The second-order valence-electron chi connectivity index (χ2n) is 6.79. The molecular weight excluding hydrogens is 328 g/mol. The number of fused-ring (bicyclic) bond motifs is 1. The number of carbonyl (C=O) groups is 2. The summed E-state index contributed by atoms with van der Waals surface area (Å²) in [6, 6.07) is 12.7. The van der Waals surface area contributed by atoms with Gasteiger partial charge in [0.2, 0.25) is 0 Å². The van der Waals surface area contributed by atoms with Crippen molar-refractivity contribution in [3.05, 3.63) is 64.7 Å². The maximum absolute atomic E-state index is 12.7. The highest BCUT2D eigenvalue weighted by atomic mass is 16.3. The molecule has 0 unspecified atom stereocenters. The lowest BCUT2D eigenvalue weighted by Crippen LogP contribution is -2.36. The van der Waals surface area contributed by atoms with Crippen LogP contribution in [0.3, 0.4) is 0 Å². The van der Waals surface area contributed by atoms with Crippen molar-refractivity contribution in [2.75, 3.05) is 18.4 Å². The van der Waals surface area contributed by atoms with E-state index in [1.165, 1.54) is 0 Å². The topological polar surface area (TPSA) is 69.6 Å². The molecule has 2 aliphatic rings. The number of carbonyl (C=O) groups excluding carboxylic acids is 2. The predicted octanol–water partition coefficient (Wildman–Crippen LogP) is 3.34. The third kappa shape index (κ3) is 2.75. The van der Waals surface area contributed by atoms with E-state index in [2.05, 4.69) is 5.32 Å². The third-order valence-corrected chi connectivity index (χ3v) is 5.06. The molecule has 2 N–H and O–H groups in total. The molecule has 0 bridgehead atoms. The molecule has 0 aliphatic carbocycles. The highest BCUT2D eigenvalue weighted by Crippen LogP contribution is 2.36. The average molecular weight is 348 g/mol.